The Morgan fingerprint density at radius 3 is 2.39 bits per heavy atom. The van der Waals surface area contributed by atoms with E-state index in [1.54, 1.807) is 18.2 Å². The lowest BCUT2D eigenvalue weighted by molar-refractivity contribution is -0.384. The van der Waals surface area contributed by atoms with Crippen molar-refractivity contribution in [3.8, 4) is 0 Å². The number of carbonyl (C=O) groups excluding carboxylic acids is 1. The molecule has 0 aromatic heterocycles. The van der Waals surface area contributed by atoms with Crippen LogP contribution in [0.4, 0.5) is 11.4 Å². The second kappa shape index (κ2) is 8.51. The number of nitrogens with one attached hydrogen (secondary N) is 2. The van der Waals surface area contributed by atoms with E-state index in [2.05, 4.69) is 10.6 Å². The van der Waals surface area contributed by atoms with Crippen LogP contribution < -0.4 is 10.6 Å². The molecule has 146 valence electrons. The quantitative estimate of drug-likeness (QED) is 0.496. The lowest BCUT2D eigenvalue weighted by Gasteiger charge is -2.17. The Bertz CT molecular complexity index is 889. The summed E-state index contributed by atoms with van der Waals surface area (Å²) in [5.41, 5.74) is 1.55. The van der Waals surface area contributed by atoms with Crippen molar-refractivity contribution >= 4 is 23.3 Å². The van der Waals surface area contributed by atoms with Gasteiger partial charge in [0.2, 0.25) is 0 Å². The topological polar surface area (TPSA) is 122 Å². The molecule has 28 heavy (non-hydrogen) atoms. The summed E-state index contributed by atoms with van der Waals surface area (Å²) in [6.07, 6.45) is 4.26. The van der Waals surface area contributed by atoms with Gasteiger partial charge in [-0.1, -0.05) is 25.0 Å². The van der Waals surface area contributed by atoms with Gasteiger partial charge in [0.05, 0.1) is 16.1 Å². The molecule has 1 amide bonds. The van der Waals surface area contributed by atoms with Crippen LogP contribution in [-0.2, 0) is 6.54 Å². The Kier molecular flexibility index (Phi) is 5.88. The molecular weight excluding hydrogens is 362 g/mol. The summed E-state index contributed by atoms with van der Waals surface area (Å²) in [7, 11) is 0. The summed E-state index contributed by atoms with van der Waals surface area (Å²) in [5, 5.41) is 26.1. The van der Waals surface area contributed by atoms with Crippen LogP contribution in [0.3, 0.4) is 0 Å². The van der Waals surface area contributed by atoms with E-state index in [0.717, 1.165) is 31.2 Å². The molecule has 1 aliphatic rings. The molecule has 2 aromatic carbocycles. The largest absolute Gasteiger partial charge is 0.478 e. The number of aromatic carboxylic acids is 1. The van der Waals surface area contributed by atoms with Crippen molar-refractivity contribution in [2.45, 2.75) is 38.3 Å². The molecule has 0 atom stereocenters. The maximum atomic E-state index is 12.7. The molecule has 0 radical (unpaired) electrons. The van der Waals surface area contributed by atoms with E-state index in [9.17, 15) is 19.7 Å². The molecule has 1 aliphatic carbocycles. The monoisotopic (exact) mass is 383 g/mol. The van der Waals surface area contributed by atoms with Crippen LogP contribution in [0.15, 0.2) is 42.5 Å². The first-order chi connectivity index (χ1) is 13.4. The standard InChI is InChI=1S/C20H21N3O5/c24-19(21-12-13-5-7-14(8-6-13)20(25)26)17-11-16(23(27)28)9-10-18(17)22-15-3-1-2-4-15/h5-11,15,22H,1-4,12H2,(H,21,24)(H,25,26). The van der Waals surface area contributed by atoms with Gasteiger partial charge in [-0.25, -0.2) is 4.79 Å². The number of carboxylic acids is 1. The second-order valence-electron chi connectivity index (χ2n) is 6.80. The smallest absolute Gasteiger partial charge is 0.335 e. The van der Waals surface area contributed by atoms with Gasteiger partial charge >= 0.3 is 5.97 Å². The third-order valence-corrected chi connectivity index (χ3v) is 4.83. The number of non-ortho nitro benzene ring substituents is 1. The van der Waals surface area contributed by atoms with Gasteiger partial charge in [-0.05, 0) is 36.6 Å². The van der Waals surface area contributed by atoms with E-state index in [0.29, 0.717) is 5.69 Å². The van der Waals surface area contributed by atoms with Crippen molar-refractivity contribution in [1.82, 2.24) is 5.32 Å². The fourth-order valence-electron chi connectivity index (χ4n) is 3.29. The number of hydrogen-bond donors (Lipinski definition) is 3. The molecule has 0 spiro atoms. The molecule has 0 saturated heterocycles. The third-order valence-electron chi connectivity index (χ3n) is 4.83. The predicted molar refractivity (Wildman–Crippen MR) is 104 cm³/mol. The zero-order chi connectivity index (χ0) is 20.1. The van der Waals surface area contributed by atoms with Crippen LogP contribution in [-0.4, -0.2) is 27.9 Å². The first-order valence-corrected chi connectivity index (χ1v) is 9.09. The molecule has 0 heterocycles. The van der Waals surface area contributed by atoms with E-state index >= 15 is 0 Å². The summed E-state index contributed by atoms with van der Waals surface area (Å²) >= 11 is 0. The maximum absolute atomic E-state index is 12.7. The van der Waals surface area contributed by atoms with Gasteiger partial charge in [-0.3, -0.25) is 14.9 Å². The van der Waals surface area contributed by atoms with Crippen molar-refractivity contribution < 1.29 is 19.6 Å². The molecule has 0 bridgehead atoms. The van der Waals surface area contributed by atoms with Gasteiger partial charge in [-0.2, -0.15) is 0 Å². The SMILES string of the molecule is O=C(O)c1ccc(CNC(=O)c2cc([N+](=O)[O-])ccc2NC2CCCC2)cc1. The average Bonchev–Trinajstić information content (AvgIpc) is 3.19. The second-order valence-corrected chi connectivity index (χ2v) is 6.80. The van der Waals surface area contributed by atoms with Gasteiger partial charge in [0, 0.05) is 30.4 Å². The maximum Gasteiger partial charge on any atom is 0.335 e. The van der Waals surface area contributed by atoms with Crippen molar-refractivity contribution in [1.29, 1.82) is 0 Å². The molecule has 8 nitrogen and oxygen atoms in total. The van der Waals surface area contributed by atoms with E-state index in [1.165, 1.54) is 24.3 Å². The van der Waals surface area contributed by atoms with E-state index in [4.69, 9.17) is 5.11 Å². The van der Waals surface area contributed by atoms with Crippen LogP contribution in [0, 0.1) is 10.1 Å². The van der Waals surface area contributed by atoms with Gasteiger partial charge in [0.15, 0.2) is 0 Å². The Morgan fingerprint density at radius 2 is 1.79 bits per heavy atom. The number of carbonyl (C=O) groups is 2. The highest BCUT2D eigenvalue weighted by Crippen LogP contribution is 2.27. The molecule has 1 fully saturated rings. The fourth-order valence-corrected chi connectivity index (χ4v) is 3.29. The van der Waals surface area contributed by atoms with Crippen LogP contribution in [0.2, 0.25) is 0 Å². The Balaban J connectivity index is 1.75. The summed E-state index contributed by atoms with van der Waals surface area (Å²) in [6.45, 7) is 0.185. The number of nitrogens with zero attached hydrogens (tertiary/aromatic N) is 1. The zero-order valence-corrected chi connectivity index (χ0v) is 15.2. The lowest BCUT2D eigenvalue weighted by Crippen LogP contribution is -2.25. The number of nitro groups is 1. The first kappa shape index (κ1) is 19.3. The van der Waals surface area contributed by atoms with Crippen molar-refractivity contribution in [3.05, 3.63) is 69.3 Å². The Labute approximate surface area is 161 Å². The molecule has 2 aromatic rings. The Morgan fingerprint density at radius 1 is 1.11 bits per heavy atom. The molecule has 3 N–H and O–H groups in total. The Hall–Kier alpha value is -3.42. The van der Waals surface area contributed by atoms with E-state index in [-0.39, 0.29) is 29.4 Å². The third kappa shape index (κ3) is 4.64. The summed E-state index contributed by atoms with van der Waals surface area (Å²) < 4.78 is 0. The number of hydrogen-bond acceptors (Lipinski definition) is 5. The number of rotatable bonds is 7. The lowest BCUT2D eigenvalue weighted by atomic mass is 10.1. The molecule has 1 saturated carbocycles. The summed E-state index contributed by atoms with van der Waals surface area (Å²) in [5.74, 6) is -1.44. The number of benzene rings is 2. The molecule has 8 heteroatoms. The first-order valence-electron chi connectivity index (χ1n) is 9.09. The highest BCUT2D eigenvalue weighted by Gasteiger charge is 2.21. The van der Waals surface area contributed by atoms with Crippen LogP contribution in [0.25, 0.3) is 0 Å². The highest BCUT2D eigenvalue weighted by molar-refractivity contribution is 6.00. The van der Waals surface area contributed by atoms with Crippen LogP contribution in [0.5, 0.6) is 0 Å². The molecule has 0 aliphatic heterocycles. The minimum atomic E-state index is -1.02. The number of anilines is 1. The number of amides is 1. The van der Waals surface area contributed by atoms with Gasteiger partial charge in [-0.15, -0.1) is 0 Å². The number of nitro benzene ring substituents is 1. The van der Waals surface area contributed by atoms with Crippen molar-refractivity contribution in [3.63, 3.8) is 0 Å². The molecule has 0 unspecified atom stereocenters. The molecule has 3 rings (SSSR count). The minimum Gasteiger partial charge on any atom is -0.478 e. The van der Waals surface area contributed by atoms with Crippen molar-refractivity contribution in [2.24, 2.45) is 0 Å². The van der Waals surface area contributed by atoms with E-state index < -0.39 is 16.8 Å². The van der Waals surface area contributed by atoms with E-state index in [1.807, 2.05) is 0 Å². The van der Waals surface area contributed by atoms with Crippen LogP contribution in [0.1, 0.15) is 52.0 Å². The average molecular weight is 383 g/mol. The zero-order valence-electron chi connectivity index (χ0n) is 15.2. The van der Waals surface area contributed by atoms with Gasteiger partial charge in [0.1, 0.15) is 0 Å². The number of carboxylic acid groups (broad SMARTS) is 1. The van der Waals surface area contributed by atoms with Gasteiger partial charge < -0.3 is 15.7 Å². The predicted octanol–water partition coefficient (Wildman–Crippen LogP) is 3.58. The normalized spacial score (nSPS) is 13.9. The fraction of sp³-hybridized carbons (Fsp3) is 0.300. The summed E-state index contributed by atoms with van der Waals surface area (Å²) in [4.78, 5) is 34.2. The van der Waals surface area contributed by atoms with Crippen LogP contribution >= 0.6 is 0 Å². The van der Waals surface area contributed by atoms with Crippen molar-refractivity contribution in [2.75, 3.05) is 5.32 Å². The minimum absolute atomic E-state index is 0.145. The summed E-state index contributed by atoms with van der Waals surface area (Å²) in [6, 6.07) is 10.7. The molecular formula is C20H21N3O5. The van der Waals surface area contributed by atoms with Gasteiger partial charge in [0.25, 0.3) is 11.6 Å². The highest BCUT2D eigenvalue weighted by atomic mass is 16.6.